The minimum absolute atomic E-state index is 0.0364. The molecule has 4 nitrogen and oxygen atoms in total. The van der Waals surface area contributed by atoms with Crippen molar-refractivity contribution < 1.29 is 18.3 Å². The van der Waals surface area contributed by atoms with E-state index in [1.54, 1.807) is 0 Å². The van der Waals surface area contributed by atoms with Crippen molar-refractivity contribution in [1.29, 1.82) is 0 Å². The lowest BCUT2D eigenvalue weighted by atomic mass is 10.1. The van der Waals surface area contributed by atoms with Gasteiger partial charge < -0.3 is 10.1 Å². The summed E-state index contributed by atoms with van der Waals surface area (Å²) in [5.41, 5.74) is 0.984. The Hall–Kier alpha value is -1.86. The highest BCUT2D eigenvalue weighted by atomic mass is 19.4. The van der Waals surface area contributed by atoms with Crippen LogP contribution >= 0.6 is 0 Å². The first-order valence-corrected chi connectivity index (χ1v) is 6.95. The molecule has 1 aromatic heterocycles. The van der Waals surface area contributed by atoms with E-state index in [4.69, 9.17) is 0 Å². The standard InChI is InChI=1S/C15H16F3N3O/c1-21(8-14-19-7-13(20-14)15(16,17)18)11-6-12(22)10-5-3-2-4-9(10)11/h2-5,7,11-12,22H,6,8H2,1H3,(H,19,20). The Bertz CT molecular complexity index is 668. The SMILES string of the molecule is CN(Cc1nc(C(F)(F)F)c[nH]1)C1CC(O)c2ccccc21. The molecule has 1 aromatic carbocycles. The quantitative estimate of drug-likeness (QED) is 0.916. The number of benzene rings is 1. The van der Waals surface area contributed by atoms with Crippen molar-refractivity contribution in [2.75, 3.05) is 7.05 Å². The number of aromatic amines is 1. The third-order valence-corrected chi connectivity index (χ3v) is 4.01. The van der Waals surface area contributed by atoms with Crippen molar-refractivity contribution in [1.82, 2.24) is 14.9 Å². The predicted octanol–water partition coefficient (Wildman–Crippen LogP) is 3.04. The molecule has 0 aliphatic heterocycles. The number of H-pyrrole nitrogens is 1. The summed E-state index contributed by atoms with van der Waals surface area (Å²) < 4.78 is 37.7. The summed E-state index contributed by atoms with van der Waals surface area (Å²) in [4.78, 5) is 8.05. The van der Waals surface area contributed by atoms with Crippen molar-refractivity contribution in [2.24, 2.45) is 0 Å². The molecule has 2 aromatic rings. The monoisotopic (exact) mass is 311 g/mol. The van der Waals surface area contributed by atoms with Crippen molar-refractivity contribution in [3.8, 4) is 0 Å². The topological polar surface area (TPSA) is 52.2 Å². The lowest BCUT2D eigenvalue weighted by Crippen LogP contribution is -2.23. The third kappa shape index (κ3) is 2.74. The molecule has 0 radical (unpaired) electrons. The van der Waals surface area contributed by atoms with Crippen LogP contribution in [0.3, 0.4) is 0 Å². The third-order valence-electron chi connectivity index (χ3n) is 4.01. The molecule has 1 heterocycles. The molecule has 118 valence electrons. The molecule has 7 heteroatoms. The molecule has 0 saturated heterocycles. The van der Waals surface area contributed by atoms with E-state index in [0.717, 1.165) is 17.3 Å². The maximum Gasteiger partial charge on any atom is 0.434 e. The van der Waals surface area contributed by atoms with E-state index in [9.17, 15) is 18.3 Å². The molecule has 2 N–H and O–H groups in total. The second-order valence-electron chi connectivity index (χ2n) is 5.54. The number of halogens is 3. The van der Waals surface area contributed by atoms with Gasteiger partial charge in [0, 0.05) is 12.2 Å². The van der Waals surface area contributed by atoms with Crippen LogP contribution in [0.25, 0.3) is 0 Å². The zero-order chi connectivity index (χ0) is 15.9. The van der Waals surface area contributed by atoms with Gasteiger partial charge in [0.05, 0.1) is 12.6 Å². The zero-order valence-electron chi connectivity index (χ0n) is 11.9. The van der Waals surface area contributed by atoms with Gasteiger partial charge in [-0.25, -0.2) is 4.98 Å². The van der Waals surface area contributed by atoms with Gasteiger partial charge >= 0.3 is 6.18 Å². The molecule has 1 aliphatic carbocycles. The van der Waals surface area contributed by atoms with Crippen LogP contribution < -0.4 is 0 Å². The van der Waals surface area contributed by atoms with Gasteiger partial charge in [-0.2, -0.15) is 13.2 Å². The molecule has 0 saturated carbocycles. The smallest absolute Gasteiger partial charge is 0.388 e. The number of aliphatic hydroxyl groups excluding tert-OH is 1. The van der Waals surface area contributed by atoms with Crippen molar-refractivity contribution in [2.45, 2.75) is 31.3 Å². The van der Waals surface area contributed by atoms with E-state index >= 15 is 0 Å². The molecule has 2 atom stereocenters. The summed E-state index contributed by atoms with van der Waals surface area (Å²) in [5.74, 6) is 0.258. The second-order valence-corrected chi connectivity index (χ2v) is 5.54. The van der Waals surface area contributed by atoms with Gasteiger partial charge in [-0.05, 0) is 24.6 Å². The van der Waals surface area contributed by atoms with E-state index in [2.05, 4.69) is 9.97 Å². The Morgan fingerprint density at radius 1 is 1.32 bits per heavy atom. The van der Waals surface area contributed by atoms with E-state index in [-0.39, 0.29) is 18.4 Å². The van der Waals surface area contributed by atoms with E-state index in [0.29, 0.717) is 6.42 Å². The average Bonchev–Trinajstić information content (AvgIpc) is 3.04. The Morgan fingerprint density at radius 2 is 2.00 bits per heavy atom. The lowest BCUT2D eigenvalue weighted by Gasteiger charge is -2.24. The molecule has 0 spiro atoms. The van der Waals surface area contributed by atoms with Gasteiger partial charge in [0.2, 0.25) is 0 Å². The molecular weight excluding hydrogens is 295 g/mol. The zero-order valence-corrected chi connectivity index (χ0v) is 11.9. The minimum Gasteiger partial charge on any atom is -0.388 e. The van der Waals surface area contributed by atoms with Crippen molar-refractivity contribution in [3.05, 3.63) is 53.1 Å². The Kier molecular flexibility index (Phi) is 3.70. The summed E-state index contributed by atoms with van der Waals surface area (Å²) in [6.45, 7) is 0.252. The molecule has 0 fully saturated rings. The van der Waals surface area contributed by atoms with E-state index < -0.39 is 18.0 Å². The van der Waals surface area contributed by atoms with Crippen molar-refractivity contribution in [3.63, 3.8) is 0 Å². The first-order chi connectivity index (χ1) is 10.4. The Morgan fingerprint density at radius 3 is 2.64 bits per heavy atom. The minimum atomic E-state index is -4.44. The van der Waals surface area contributed by atoms with Crippen LogP contribution in [-0.4, -0.2) is 27.0 Å². The molecular formula is C15H16F3N3O. The number of nitrogens with one attached hydrogen (secondary N) is 1. The molecule has 22 heavy (non-hydrogen) atoms. The van der Waals surface area contributed by atoms with Crippen LogP contribution in [0.2, 0.25) is 0 Å². The molecule has 0 amide bonds. The predicted molar refractivity (Wildman–Crippen MR) is 73.8 cm³/mol. The first kappa shape index (κ1) is 15.1. The summed E-state index contributed by atoms with van der Waals surface area (Å²) in [6, 6.07) is 7.54. The number of hydrogen-bond donors (Lipinski definition) is 2. The van der Waals surface area contributed by atoms with Gasteiger partial charge in [-0.3, -0.25) is 4.90 Å². The summed E-state index contributed by atoms with van der Waals surface area (Å²) in [7, 11) is 1.81. The van der Waals surface area contributed by atoms with Crippen LogP contribution in [0, 0.1) is 0 Å². The fourth-order valence-corrected chi connectivity index (χ4v) is 2.93. The van der Waals surface area contributed by atoms with Gasteiger partial charge in [0.15, 0.2) is 5.69 Å². The largest absolute Gasteiger partial charge is 0.434 e. The highest BCUT2D eigenvalue weighted by Crippen LogP contribution is 2.41. The maximum absolute atomic E-state index is 12.6. The van der Waals surface area contributed by atoms with Crippen LogP contribution in [0.4, 0.5) is 13.2 Å². The number of nitrogens with zero attached hydrogens (tertiary/aromatic N) is 2. The highest BCUT2D eigenvalue weighted by molar-refractivity contribution is 5.36. The van der Waals surface area contributed by atoms with Crippen molar-refractivity contribution >= 4 is 0 Å². The van der Waals surface area contributed by atoms with Crippen LogP contribution in [-0.2, 0) is 12.7 Å². The Labute approximate surface area is 125 Å². The molecule has 0 bridgehead atoms. The van der Waals surface area contributed by atoms with Crippen LogP contribution in [0.15, 0.2) is 30.5 Å². The number of imidazole rings is 1. The van der Waals surface area contributed by atoms with Gasteiger partial charge in [-0.1, -0.05) is 24.3 Å². The number of aromatic nitrogens is 2. The van der Waals surface area contributed by atoms with Crippen LogP contribution in [0.1, 0.15) is 41.2 Å². The molecule has 3 rings (SSSR count). The number of hydrogen-bond acceptors (Lipinski definition) is 3. The normalized spacial score (nSPS) is 21.4. The average molecular weight is 311 g/mol. The summed E-state index contributed by atoms with van der Waals surface area (Å²) >= 11 is 0. The van der Waals surface area contributed by atoms with Gasteiger partial charge in [0.1, 0.15) is 5.82 Å². The van der Waals surface area contributed by atoms with Crippen LogP contribution in [0.5, 0.6) is 0 Å². The number of rotatable bonds is 3. The maximum atomic E-state index is 12.6. The Balaban J connectivity index is 1.76. The highest BCUT2D eigenvalue weighted by Gasteiger charge is 2.35. The van der Waals surface area contributed by atoms with E-state index in [1.807, 2.05) is 36.2 Å². The van der Waals surface area contributed by atoms with Gasteiger partial charge in [-0.15, -0.1) is 0 Å². The number of fused-ring (bicyclic) bond motifs is 1. The van der Waals surface area contributed by atoms with Gasteiger partial charge in [0.25, 0.3) is 0 Å². The first-order valence-electron chi connectivity index (χ1n) is 6.95. The fraction of sp³-hybridized carbons (Fsp3) is 0.400. The number of alkyl halides is 3. The van der Waals surface area contributed by atoms with E-state index in [1.165, 1.54) is 0 Å². The molecule has 1 aliphatic rings. The molecule has 2 unspecified atom stereocenters. The number of aliphatic hydroxyl groups is 1. The lowest BCUT2D eigenvalue weighted by molar-refractivity contribution is -0.141. The summed E-state index contributed by atoms with van der Waals surface area (Å²) in [5, 5.41) is 10.1. The second kappa shape index (κ2) is 5.40. The summed E-state index contributed by atoms with van der Waals surface area (Å²) in [6.07, 6.45) is -3.57. The fourth-order valence-electron chi connectivity index (χ4n) is 2.93.